The Hall–Kier alpha value is -2.09. The van der Waals surface area contributed by atoms with Gasteiger partial charge in [0.25, 0.3) is 0 Å². The van der Waals surface area contributed by atoms with Gasteiger partial charge in [0.1, 0.15) is 0 Å². The van der Waals surface area contributed by atoms with E-state index < -0.39 is 11.0 Å². The molecule has 0 spiro atoms. The monoisotopic (exact) mass is 454 g/mol. The Bertz CT molecular complexity index is 1080. The van der Waals surface area contributed by atoms with Gasteiger partial charge < -0.3 is 4.74 Å². The van der Waals surface area contributed by atoms with E-state index >= 15 is 0 Å². The summed E-state index contributed by atoms with van der Waals surface area (Å²) in [6.45, 7) is 8.88. The molecule has 0 aliphatic carbocycles. The molecule has 172 valence electrons. The van der Waals surface area contributed by atoms with Crippen LogP contribution in [0.5, 0.6) is 0 Å². The van der Waals surface area contributed by atoms with E-state index in [0.717, 1.165) is 66.6 Å². The highest BCUT2D eigenvalue weighted by molar-refractivity contribution is 7.84. The molecular formula is C25H34N4O2S. The second-order valence-corrected chi connectivity index (χ2v) is 11.5. The van der Waals surface area contributed by atoms with Crippen molar-refractivity contribution in [1.82, 2.24) is 19.5 Å². The minimum absolute atomic E-state index is 0.00121. The number of rotatable bonds is 7. The number of nitrogens with zero attached hydrogens (tertiary/aromatic N) is 3. The van der Waals surface area contributed by atoms with Crippen LogP contribution < -0.4 is 4.72 Å². The SMILES string of the molecule is CCC[C@H](NS(=O)C(C)(C)C)c1cccc(-c2ccc3cnn(C4CCCCO4)c3c2)n1. The number of ether oxygens (including phenoxy) is 1. The number of hydrogen-bond donors (Lipinski definition) is 1. The summed E-state index contributed by atoms with van der Waals surface area (Å²) in [7, 11) is -1.16. The van der Waals surface area contributed by atoms with E-state index in [9.17, 15) is 4.21 Å². The van der Waals surface area contributed by atoms with Gasteiger partial charge >= 0.3 is 0 Å². The van der Waals surface area contributed by atoms with Crippen molar-refractivity contribution in [3.05, 3.63) is 48.3 Å². The molecule has 0 bridgehead atoms. The Morgan fingerprint density at radius 1 is 1.25 bits per heavy atom. The van der Waals surface area contributed by atoms with Crippen molar-refractivity contribution in [3.63, 3.8) is 0 Å². The average molecular weight is 455 g/mol. The molecule has 0 amide bonds. The van der Waals surface area contributed by atoms with Gasteiger partial charge in [-0.2, -0.15) is 5.10 Å². The van der Waals surface area contributed by atoms with E-state index in [1.165, 1.54) is 0 Å². The Balaban J connectivity index is 1.65. The lowest BCUT2D eigenvalue weighted by atomic mass is 10.1. The third-order valence-electron chi connectivity index (χ3n) is 5.83. The largest absolute Gasteiger partial charge is 0.356 e. The normalized spacial score (nSPS) is 19.2. The number of aromatic nitrogens is 3. The third kappa shape index (κ3) is 5.11. The van der Waals surface area contributed by atoms with Crippen LogP contribution in [0.25, 0.3) is 22.2 Å². The Labute approximate surface area is 193 Å². The maximum Gasteiger partial charge on any atom is 0.150 e. The smallest absolute Gasteiger partial charge is 0.150 e. The highest BCUT2D eigenvalue weighted by Gasteiger charge is 2.24. The van der Waals surface area contributed by atoms with Gasteiger partial charge in [-0.25, -0.2) is 13.6 Å². The second kappa shape index (κ2) is 9.81. The fraction of sp³-hybridized carbons (Fsp3) is 0.520. The molecule has 7 heteroatoms. The van der Waals surface area contributed by atoms with Crippen LogP contribution in [0, 0.1) is 0 Å². The Morgan fingerprint density at radius 3 is 2.81 bits per heavy atom. The fourth-order valence-corrected chi connectivity index (χ4v) is 4.86. The minimum Gasteiger partial charge on any atom is -0.356 e. The molecule has 1 aromatic carbocycles. The molecule has 2 aromatic heterocycles. The molecule has 6 nitrogen and oxygen atoms in total. The summed E-state index contributed by atoms with van der Waals surface area (Å²) in [5.41, 5.74) is 3.94. The maximum absolute atomic E-state index is 12.7. The Kier molecular flexibility index (Phi) is 7.08. The van der Waals surface area contributed by atoms with Crippen molar-refractivity contribution in [2.45, 2.75) is 76.8 Å². The molecule has 3 atom stereocenters. The van der Waals surface area contributed by atoms with E-state index in [1.807, 2.05) is 49.8 Å². The van der Waals surface area contributed by atoms with Gasteiger partial charge in [0.05, 0.1) is 44.9 Å². The van der Waals surface area contributed by atoms with E-state index in [4.69, 9.17) is 9.72 Å². The number of fused-ring (bicyclic) bond motifs is 1. The summed E-state index contributed by atoms with van der Waals surface area (Å²) in [6, 6.07) is 12.4. The highest BCUT2D eigenvalue weighted by Crippen LogP contribution is 2.30. The van der Waals surface area contributed by atoms with Crippen molar-refractivity contribution in [3.8, 4) is 11.3 Å². The van der Waals surface area contributed by atoms with Crippen LogP contribution in [0.4, 0.5) is 0 Å². The van der Waals surface area contributed by atoms with E-state index in [2.05, 4.69) is 34.9 Å². The van der Waals surface area contributed by atoms with Crippen LogP contribution in [-0.2, 0) is 15.7 Å². The fourth-order valence-electron chi connectivity index (χ4n) is 4.01. The van der Waals surface area contributed by atoms with Crippen molar-refractivity contribution >= 4 is 21.9 Å². The average Bonchev–Trinajstić information content (AvgIpc) is 3.22. The Morgan fingerprint density at radius 2 is 2.09 bits per heavy atom. The maximum atomic E-state index is 12.7. The van der Waals surface area contributed by atoms with Gasteiger partial charge in [-0.1, -0.05) is 31.5 Å². The lowest BCUT2D eigenvalue weighted by Crippen LogP contribution is -2.36. The first-order valence-corrected chi connectivity index (χ1v) is 12.8. The molecule has 0 saturated carbocycles. The summed E-state index contributed by atoms with van der Waals surface area (Å²) in [6.07, 6.45) is 7.04. The molecular weight excluding hydrogens is 420 g/mol. The van der Waals surface area contributed by atoms with Crippen molar-refractivity contribution in [2.75, 3.05) is 6.61 Å². The van der Waals surface area contributed by atoms with Gasteiger partial charge in [0.15, 0.2) is 6.23 Å². The number of benzene rings is 1. The summed E-state index contributed by atoms with van der Waals surface area (Å²) in [4.78, 5) is 4.97. The van der Waals surface area contributed by atoms with E-state index in [-0.39, 0.29) is 17.0 Å². The summed E-state index contributed by atoms with van der Waals surface area (Å²) in [5, 5.41) is 5.71. The minimum atomic E-state index is -1.16. The zero-order valence-electron chi connectivity index (χ0n) is 19.5. The molecule has 1 N–H and O–H groups in total. The zero-order chi connectivity index (χ0) is 22.7. The molecule has 1 aliphatic heterocycles. The van der Waals surface area contributed by atoms with Crippen LogP contribution >= 0.6 is 0 Å². The quantitative estimate of drug-likeness (QED) is 0.498. The molecule has 32 heavy (non-hydrogen) atoms. The van der Waals surface area contributed by atoms with Gasteiger partial charge in [-0.05, 0) is 64.7 Å². The third-order valence-corrected chi connectivity index (χ3v) is 7.44. The van der Waals surface area contributed by atoms with Crippen LogP contribution in [0.1, 0.15) is 77.8 Å². The van der Waals surface area contributed by atoms with Gasteiger partial charge in [0, 0.05) is 17.6 Å². The summed E-state index contributed by atoms with van der Waals surface area (Å²) in [5.74, 6) is 0. The molecule has 1 aliphatic rings. The number of hydrogen-bond acceptors (Lipinski definition) is 4. The van der Waals surface area contributed by atoms with Crippen LogP contribution in [0.15, 0.2) is 42.6 Å². The first-order chi connectivity index (χ1) is 15.4. The molecule has 1 fully saturated rings. The summed E-state index contributed by atoms with van der Waals surface area (Å²) >= 11 is 0. The number of nitrogens with one attached hydrogen (secondary N) is 1. The molecule has 0 radical (unpaired) electrons. The van der Waals surface area contributed by atoms with Gasteiger partial charge in [-0.15, -0.1) is 0 Å². The van der Waals surface area contributed by atoms with Crippen LogP contribution in [0.3, 0.4) is 0 Å². The summed E-state index contributed by atoms with van der Waals surface area (Å²) < 4.78 is 23.7. The van der Waals surface area contributed by atoms with Crippen LogP contribution in [0.2, 0.25) is 0 Å². The van der Waals surface area contributed by atoms with Crippen molar-refractivity contribution in [1.29, 1.82) is 0 Å². The van der Waals surface area contributed by atoms with Crippen LogP contribution in [-0.4, -0.2) is 30.3 Å². The van der Waals surface area contributed by atoms with Gasteiger partial charge in [0.2, 0.25) is 0 Å². The topological polar surface area (TPSA) is 69.0 Å². The first kappa shape index (κ1) is 23.1. The van der Waals surface area contributed by atoms with Gasteiger partial charge in [-0.3, -0.25) is 4.98 Å². The molecule has 3 aromatic rings. The highest BCUT2D eigenvalue weighted by atomic mass is 32.2. The predicted octanol–water partition coefficient (Wildman–Crippen LogP) is 5.69. The number of pyridine rings is 1. The molecule has 3 heterocycles. The molecule has 1 saturated heterocycles. The van der Waals surface area contributed by atoms with Crippen molar-refractivity contribution in [2.24, 2.45) is 0 Å². The predicted molar refractivity (Wildman–Crippen MR) is 130 cm³/mol. The van der Waals surface area contributed by atoms with E-state index in [1.54, 1.807) is 0 Å². The molecule has 2 unspecified atom stereocenters. The lowest BCUT2D eigenvalue weighted by molar-refractivity contribution is -0.0366. The zero-order valence-corrected chi connectivity index (χ0v) is 20.3. The van der Waals surface area contributed by atoms with E-state index in [0.29, 0.717) is 0 Å². The molecule has 4 rings (SSSR count). The first-order valence-electron chi connectivity index (χ1n) is 11.6. The standard InChI is InChI=1S/C25H34N4O2S/c1-5-9-22(28-32(30)25(2,3)4)21-11-8-10-20(27-21)18-13-14-19-17-26-29(23(19)16-18)24-12-6-7-15-31-24/h8,10-11,13-14,16-17,22,24,28H,5-7,9,12,15H2,1-4H3/t22-,24?,32?/m0/s1. The second-order valence-electron chi connectivity index (χ2n) is 9.47. The van der Waals surface area contributed by atoms with Crippen molar-refractivity contribution < 1.29 is 8.95 Å². The lowest BCUT2D eigenvalue weighted by Gasteiger charge is -2.24.